The average Bonchev–Trinajstić information content (AvgIpc) is 3.01. The number of aryl methyl sites for hydroxylation is 1. The van der Waals surface area contributed by atoms with E-state index in [-0.39, 0.29) is 11.7 Å². The van der Waals surface area contributed by atoms with E-state index in [0.29, 0.717) is 24.5 Å². The molecule has 0 atom stereocenters. The molecule has 132 valence electrons. The minimum Gasteiger partial charge on any atom is -0.488 e. The van der Waals surface area contributed by atoms with Crippen LogP contribution >= 0.6 is 0 Å². The third-order valence-corrected chi connectivity index (χ3v) is 4.56. The predicted molar refractivity (Wildman–Crippen MR) is 96.7 cm³/mol. The Bertz CT molecular complexity index is 979. The van der Waals surface area contributed by atoms with E-state index in [9.17, 15) is 9.18 Å². The number of hydrogen-bond donors (Lipinski definition) is 0. The quantitative estimate of drug-likeness (QED) is 0.721. The van der Waals surface area contributed by atoms with Gasteiger partial charge in [0.05, 0.1) is 5.69 Å². The molecule has 4 rings (SSSR count). The highest BCUT2D eigenvalue weighted by Gasteiger charge is 2.30. The molecular formula is C20H18FN3O2. The van der Waals surface area contributed by atoms with Crippen molar-refractivity contribution in [1.29, 1.82) is 0 Å². The minimum atomic E-state index is -0.336. The molecule has 0 saturated carbocycles. The lowest BCUT2D eigenvalue weighted by Gasteiger charge is -2.22. The largest absolute Gasteiger partial charge is 0.488 e. The van der Waals surface area contributed by atoms with E-state index in [4.69, 9.17) is 4.74 Å². The Morgan fingerprint density at radius 3 is 2.69 bits per heavy atom. The first kappa shape index (κ1) is 16.3. The topological polar surface area (TPSA) is 47.4 Å². The first-order chi connectivity index (χ1) is 12.6. The number of aromatic nitrogens is 2. The molecule has 26 heavy (non-hydrogen) atoms. The molecule has 6 heteroatoms. The zero-order valence-electron chi connectivity index (χ0n) is 14.6. The van der Waals surface area contributed by atoms with Crippen molar-refractivity contribution in [3.63, 3.8) is 0 Å². The van der Waals surface area contributed by atoms with Crippen LogP contribution in [-0.4, -0.2) is 22.2 Å². The highest BCUT2D eigenvalue weighted by atomic mass is 19.1. The van der Waals surface area contributed by atoms with Gasteiger partial charge < -0.3 is 9.64 Å². The maximum absolute atomic E-state index is 13.2. The number of carbonyl (C=O) groups excluding carboxylic acids is 1. The van der Waals surface area contributed by atoms with Crippen LogP contribution in [0.3, 0.4) is 0 Å². The van der Waals surface area contributed by atoms with Gasteiger partial charge in [-0.25, -0.2) is 4.39 Å². The van der Waals surface area contributed by atoms with E-state index in [1.807, 2.05) is 38.2 Å². The van der Waals surface area contributed by atoms with Crippen LogP contribution in [0.4, 0.5) is 10.1 Å². The maximum Gasteiger partial charge on any atom is 0.279 e. The Labute approximate surface area is 150 Å². The van der Waals surface area contributed by atoms with E-state index in [1.165, 1.54) is 12.1 Å². The second kappa shape index (κ2) is 6.29. The van der Waals surface area contributed by atoms with Gasteiger partial charge in [0.15, 0.2) is 5.69 Å². The lowest BCUT2D eigenvalue weighted by Crippen LogP contribution is -2.32. The third-order valence-electron chi connectivity index (χ3n) is 4.56. The van der Waals surface area contributed by atoms with Crippen molar-refractivity contribution < 1.29 is 13.9 Å². The zero-order chi connectivity index (χ0) is 18.3. The van der Waals surface area contributed by atoms with Gasteiger partial charge in [0.25, 0.3) is 5.91 Å². The molecule has 0 N–H and O–H groups in total. The summed E-state index contributed by atoms with van der Waals surface area (Å²) in [5, 5.41) is 4.47. The van der Waals surface area contributed by atoms with E-state index >= 15 is 0 Å². The fourth-order valence-electron chi connectivity index (χ4n) is 3.34. The fourth-order valence-corrected chi connectivity index (χ4v) is 3.34. The number of hydrogen-bond acceptors (Lipinski definition) is 3. The highest BCUT2D eigenvalue weighted by Crippen LogP contribution is 2.38. The first-order valence-electron chi connectivity index (χ1n) is 8.45. The monoisotopic (exact) mass is 351 g/mol. The van der Waals surface area contributed by atoms with Crippen molar-refractivity contribution in [3.05, 3.63) is 65.6 Å². The minimum absolute atomic E-state index is 0.223. The van der Waals surface area contributed by atoms with E-state index in [0.717, 1.165) is 22.6 Å². The molecule has 0 fully saturated rings. The Hall–Kier alpha value is -3.15. The van der Waals surface area contributed by atoms with Gasteiger partial charge in [-0.1, -0.05) is 12.1 Å². The number of ether oxygens (including phenoxy) is 1. The second-order valence-corrected chi connectivity index (χ2v) is 6.11. The van der Waals surface area contributed by atoms with Crippen molar-refractivity contribution >= 4 is 11.6 Å². The summed E-state index contributed by atoms with van der Waals surface area (Å²) in [6.45, 7) is 2.62. The van der Waals surface area contributed by atoms with Gasteiger partial charge >= 0.3 is 0 Å². The lowest BCUT2D eigenvalue weighted by atomic mass is 10.0. The van der Waals surface area contributed by atoms with Gasteiger partial charge in [-0.05, 0) is 43.3 Å². The molecule has 0 bridgehead atoms. The molecule has 1 aliphatic rings. The number of halogens is 1. The third kappa shape index (κ3) is 2.54. The summed E-state index contributed by atoms with van der Waals surface area (Å²) in [7, 11) is 1.83. The number of para-hydroxylation sites is 1. The van der Waals surface area contributed by atoms with Crippen molar-refractivity contribution in [3.8, 4) is 17.0 Å². The number of fused-ring (bicyclic) bond motifs is 3. The summed E-state index contributed by atoms with van der Waals surface area (Å²) >= 11 is 0. The maximum atomic E-state index is 13.2. The molecule has 5 nitrogen and oxygen atoms in total. The molecule has 0 spiro atoms. The van der Waals surface area contributed by atoms with Crippen LogP contribution in [0.2, 0.25) is 0 Å². The molecule has 0 saturated heterocycles. The Morgan fingerprint density at radius 1 is 1.23 bits per heavy atom. The molecule has 2 aromatic carbocycles. The standard InChI is InChI=1S/C20H18FN3O2/c1-3-24(14-10-8-13(21)9-11-14)20(25)18-16-12-26-17-7-5-4-6-15(17)19(16)23(2)22-18/h4-11H,3,12H2,1-2H3. The molecule has 1 aromatic heterocycles. The highest BCUT2D eigenvalue weighted by molar-refractivity contribution is 6.06. The Balaban J connectivity index is 1.77. The van der Waals surface area contributed by atoms with Gasteiger partial charge in [0, 0.05) is 30.4 Å². The average molecular weight is 351 g/mol. The normalized spacial score (nSPS) is 12.1. The smallest absolute Gasteiger partial charge is 0.279 e. The summed E-state index contributed by atoms with van der Waals surface area (Å²) in [6.07, 6.45) is 0. The molecule has 1 aliphatic heterocycles. The molecule has 2 heterocycles. The molecular weight excluding hydrogens is 333 g/mol. The van der Waals surface area contributed by atoms with Gasteiger partial charge in [0.2, 0.25) is 0 Å². The molecule has 0 radical (unpaired) electrons. The SMILES string of the molecule is CCN(C(=O)c1nn(C)c2c1COc1ccccc1-2)c1ccc(F)cc1. The van der Waals surface area contributed by atoms with Crippen molar-refractivity contribution in [2.45, 2.75) is 13.5 Å². The van der Waals surface area contributed by atoms with Crippen molar-refractivity contribution in [2.24, 2.45) is 7.05 Å². The Kier molecular flexibility index (Phi) is 3.95. The van der Waals surface area contributed by atoms with Gasteiger partial charge in [-0.2, -0.15) is 5.10 Å². The number of nitrogens with zero attached hydrogens (tertiary/aromatic N) is 3. The van der Waals surface area contributed by atoms with Crippen molar-refractivity contribution in [1.82, 2.24) is 9.78 Å². The molecule has 0 aliphatic carbocycles. The lowest BCUT2D eigenvalue weighted by molar-refractivity contribution is 0.0980. The zero-order valence-corrected chi connectivity index (χ0v) is 14.6. The van der Waals surface area contributed by atoms with Crippen LogP contribution in [0.1, 0.15) is 23.0 Å². The summed E-state index contributed by atoms with van der Waals surface area (Å²) < 4.78 is 20.8. The van der Waals surface area contributed by atoms with Gasteiger partial charge in [0.1, 0.15) is 18.2 Å². The van der Waals surface area contributed by atoms with Crippen molar-refractivity contribution in [2.75, 3.05) is 11.4 Å². The first-order valence-corrected chi connectivity index (χ1v) is 8.45. The molecule has 0 unspecified atom stereocenters. The number of carbonyl (C=O) groups is 1. The van der Waals surface area contributed by atoms with E-state index in [1.54, 1.807) is 21.7 Å². The molecule has 3 aromatic rings. The number of anilines is 1. The van der Waals surface area contributed by atoms with Crippen LogP contribution in [0.5, 0.6) is 5.75 Å². The molecule has 1 amide bonds. The van der Waals surface area contributed by atoms with Crippen LogP contribution in [-0.2, 0) is 13.7 Å². The van der Waals surface area contributed by atoms with Crippen LogP contribution < -0.4 is 9.64 Å². The summed E-state index contributed by atoms with van der Waals surface area (Å²) in [4.78, 5) is 14.7. The summed E-state index contributed by atoms with van der Waals surface area (Å²) in [5.41, 5.74) is 3.59. The van der Waals surface area contributed by atoms with Gasteiger partial charge in [-0.3, -0.25) is 9.48 Å². The van der Waals surface area contributed by atoms with Crippen LogP contribution in [0, 0.1) is 5.82 Å². The second-order valence-electron chi connectivity index (χ2n) is 6.11. The number of benzene rings is 2. The van der Waals surface area contributed by atoms with Crippen LogP contribution in [0.25, 0.3) is 11.3 Å². The van der Waals surface area contributed by atoms with Crippen LogP contribution in [0.15, 0.2) is 48.5 Å². The number of amides is 1. The fraction of sp³-hybridized carbons (Fsp3) is 0.200. The van der Waals surface area contributed by atoms with E-state index in [2.05, 4.69) is 5.10 Å². The Morgan fingerprint density at radius 2 is 1.96 bits per heavy atom. The van der Waals surface area contributed by atoms with Gasteiger partial charge in [-0.15, -0.1) is 0 Å². The van der Waals surface area contributed by atoms with E-state index < -0.39 is 0 Å². The predicted octanol–water partition coefficient (Wildman–Crippen LogP) is 3.79. The summed E-state index contributed by atoms with van der Waals surface area (Å²) in [5.74, 6) is 0.226. The number of rotatable bonds is 3. The summed E-state index contributed by atoms with van der Waals surface area (Å²) in [6, 6.07) is 13.6.